The Morgan fingerprint density at radius 2 is 1.91 bits per heavy atom. The summed E-state index contributed by atoms with van der Waals surface area (Å²) in [4.78, 5) is 12.3. The summed E-state index contributed by atoms with van der Waals surface area (Å²) in [6.45, 7) is 1.24. The molecule has 2 atom stereocenters. The third kappa shape index (κ3) is 3.41. The van der Waals surface area contributed by atoms with Gasteiger partial charge in [0.05, 0.1) is 23.3 Å². The molecule has 2 aromatic carbocycles. The van der Waals surface area contributed by atoms with Gasteiger partial charge in [0.15, 0.2) is 0 Å². The van der Waals surface area contributed by atoms with Gasteiger partial charge in [0.25, 0.3) is 5.91 Å². The molecule has 0 radical (unpaired) electrons. The first-order chi connectivity index (χ1) is 11.3. The maximum atomic E-state index is 12.3. The van der Waals surface area contributed by atoms with Crippen LogP contribution in [0.5, 0.6) is 0 Å². The van der Waals surface area contributed by atoms with E-state index in [2.05, 4.69) is 23.5 Å². The van der Waals surface area contributed by atoms with Gasteiger partial charge < -0.3 is 10.1 Å². The number of amides is 1. The fourth-order valence-corrected chi connectivity index (χ4v) is 2.95. The van der Waals surface area contributed by atoms with Gasteiger partial charge in [-0.3, -0.25) is 4.79 Å². The molecule has 116 valence electrons. The zero-order valence-corrected chi connectivity index (χ0v) is 12.7. The Labute approximate surface area is 135 Å². The van der Waals surface area contributed by atoms with Crippen molar-refractivity contribution in [2.45, 2.75) is 12.5 Å². The second-order valence-corrected chi connectivity index (χ2v) is 5.62. The predicted octanol–water partition coefficient (Wildman–Crippen LogP) is 3.07. The number of rotatable bonds is 4. The van der Waals surface area contributed by atoms with E-state index in [4.69, 9.17) is 10.00 Å². The van der Waals surface area contributed by atoms with Crippen molar-refractivity contribution in [1.82, 2.24) is 5.32 Å². The first-order valence-electron chi connectivity index (χ1n) is 7.73. The Bertz CT molecular complexity index is 722. The highest BCUT2D eigenvalue weighted by Gasteiger charge is 2.29. The molecule has 0 aromatic heterocycles. The molecule has 0 unspecified atom stereocenters. The lowest BCUT2D eigenvalue weighted by Gasteiger charge is -2.19. The quantitative estimate of drug-likeness (QED) is 0.944. The maximum absolute atomic E-state index is 12.3. The smallest absolute Gasteiger partial charge is 0.252 e. The normalized spacial score (nSPS) is 20.0. The van der Waals surface area contributed by atoms with E-state index < -0.39 is 0 Å². The lowest BCUT2D eigenvalue weighted by atomic mass is 9.95. The number of carbonyl (C=O) groups is 1. The van der Waals surface area contributed by atoms with Gasteiger partial charge in [0.2, 0.25) is 0 Å². The van der Waals surface area contributed by atoms with Crippen molar-refractivity contribution in [3.63, 3.8) is 0 Å². The Morgan fingerprint density at radius 1 is 1.17 bits per heavy atom. The second kappa shape index (κ2) is 7.08. The van der Waals surface area contributed by atoms with E-state index in [-0.39, 0.29) is 17.9 Å². The summed E-state index contributed by atoms with van der Waals surface area (Å²) in [5.41, 5.74) is 1.96. The molecule has 1 aliphatic rings. The van der Waals surface area contributed by atoms with Crippen LogP contribution < -0.4 is 5.32 Å². The SMILES string of the molecule is N#Cc1ccccc1C(=O)NC[C@H]1CCO[C@@H]1c1ccccc1. The van der Waals surface area contributed by atoms with Gasteiger partial charge in [-0.1, -0.05) is 42.5 Å². The average molecular weight is 306 g/mol. The summed E-state index contributed by atoms with van der Waals surface area (Å²) in [6, 6.07) is 19.0. The number of ether oxygens (including phenoxy) is 1. The number of hydrogen-bond acceptors (Lipinski definition) is 3. The number of hydrogen-bond donors (Lipinski definition) is 1. The Kier molecular flexibility index (Phi) is 4.70. The van der Waals surface area contributed by atoms with Gasteiger partial charge in [-0.05, 0) is 24.1 Å². The van der Waals surface area contributed by atoms with E-state index in [9.17, 15) is 4.79 Å². The molecule has 3 rings (SSSR count). The topological polar surface area (TPSA) is 62.1 Å². The minimum absolute atomic E-state index is 0.0164. The first kappa shape index (κ1) is 15.3. The third-order valence-corrected chi connectivity index (χ3v) is 4.16. The second-order valence-electron chi connectivity index (χ2n) is 5.62. The molecule has 1 saturated heterocycles. The predicted molar refractivity (Wildman–Crippen MR) is 86.7 cm³/mol. The standard InChI is InChI=1S/C19H18N2O2/c20-12-15-8-4-5-9-17(15)19(22)21-13-16-10-11-23-18(16)14-6-2-1-3-7-14/h1-9,16,18H,10-11,13H2,(H,21,22)/t16-,18-/m1/s1. The van der Waals surface area contributed by atoms with E-state index >= 15 is 0 Å². The molecule has 2 aromatic rings. The van der Waals surface area contributed by atoms with E-state index in [0.29, 0.717) is 24.3 Å². The molecule has 0 bridgehead atoms. The summed E-state index contributed by atoms with van der Waals surface area (Å²) in [6.07, 6.45) is 0.933. The van der Waals surface area contributed by atoms with E-state index in [0.717, 1.165) is 12.0 Å². The van der Waals surface area contributed by atoms with Crippen LogP contribution >= 0.6 is 0 Å². The zero-order chi connectivity index (χ0) is 16.1. The molecule has 4 heteroatoms. The van der Waals surface area contributed by atoms with Gasteiger partial charge >= 0.3 is 0 Å². The molecule has 0 aliphatic carbocycles. The molecular formula is C19H18N2O2. The Morgan fingerprint density at radius 3 is 2.70 bits per heavy atom. The molecule has 1 amide bonds. The molecule has 4 nitrogen and oxygen atoms in total. The van der Waals surface area contributed by atoms with Crippen molar-refractivity contribution in [1.29, 1.82) is 5.26 Å². The summed E-state index contributed by atoms with van der Waals surface area (Å²) in [5.74, 6) is 0.0384. The monoisotopic (exact) mass is 306 g/mol. The fraction of sp³-hybridized carbons (Fsp3) is 0.263. The van der Waals surface area contributed by atoms with Crippen molar-refractivity contribution in [2.75, 3.05) is 13.2 Å². The number of nitrogens with one attached hydrogen (secondary N) is 1. The molecule has 1 N–H and O–H groups in total. The van der Waals surface area contributed by atoms with Gasteiger partial charge in [0, 0.05) is 19.1 Å². The van der Waals surface area contributed by atoms with Crippen molar-refractivity contribution in [3.8, 4) is 6.07 Å². The highest BCUT2D eigenvalue weighted by atomic mass is 16.5. The van der Waals surface area contributed by atoms with Crippen molar-refractivity contribution < 1.29 is 9.53 Å². The van der Waals surface area contributed by atoms with Crippen LogP contribution in [0.1, 0.15) is 34.0 Å². The highest BCUT2D eigenvalue weighted by molar-refractivity contribution is 5.96. The first-order valence-corrected chi connectivity index (χ1v) is 7.73. The summed E-state index contributed by atoms with van der Waals surface area (Å²) < 4.78 is 5.83. The van der Waals surface area contributed by atoms with E-state index in [1.807, 2.05) is 18.2 Å². The molecule has 1 aliphatic heterocycles. The van der Waals surface area contributed by atoms with Crippen LogP contribution in [0, 0.1) is 17.2 Å². The molecule has 1 fully saturated rings. The van der Waals surface area contributed by atoms with Gasteiger partial charge in [-0.15, -0.1) is 0 Å². The maximum Gasteiger partial charge on any atom is 0.252 e. The molecular weight excluding hydrogens is 288 g/mol. The van der Waals surface area contributed by atoms with Crippen molar-refractivity contribution in [2.24, 2.45) is 5.92 Å². The van der Waals surface area contributed by atoms with Gasteiger partial charge in [-0.25, -0.2) is 0 Å². The minimum atomic E-state index is -0.208. The van der Waals surface area contributed by atoms with Gasteiger partial charge in [-0.2, -0.15) is 5.26 Å². The number of nitriles is 1. The molecule has 1 heterocycles. The average Bonchev–Trinajstić information content (AvgIpc) is 3.09. The number of nitrogens with zero attached hydrogens (tertiary/aromatic N) is 1. The van der Waals surface area contributed by atoms with Crippen molar-refractivity contribution >= 4 is 5.91 Å². The van der Waals surface area contributed by atoms with E-state index in [1.165, 1.54) is 0 Å². The van der Waals surface area contributed by atoms with Crippen LogP contribution in [0.2, 0.25) is 0 Å². The van der Waals surface area contributed by atoms with Crippen LogP contribution in [-0.4, -0.2) is 19.1 Å². The largest absolute Gasteiger partial charge is 0.373 e. The van der Waals surface area contributed by atoms with Crippen LogP contribution in [0.15, 0.2) is 54.6 Å². The zero-order valence-electron chi connectivity index (χ0n) is 12.7. The lowest BCUT2D eigenvalue weighted by Crippen LogP contribution is -2.31. The Hall–Kier alpha value is -2.64. The Balaban J connectivity index is 1.66. The van der Waals surface area contributed by atoms with Crippen LogP contribution in [0.3, 0.4) is 0 Å². The summed E-state index contributed by atoms with van der Waals surface area (Å²) in [5, 5.41) is 12.0. The third-order valence-electron chi connectivity index (χ3n) is 4.16. The number of benzene rings is 2. The van der Waals surface area contributed by atoms with Crippen LogP contribution in [-0.2, 0) is 4.74 Å². The van der Waals surface area contributed by atoms with E-state index in [1.54, 1.807) is 24.3 Å². The van der Waals surface area contributed by atoms with Crippen LogP contribution in [0.4, 0.5) is 0 Å². The highest BCUT2D eigenvalue weighted by Crippen LogP contribution is 2.33. The minimum Gasteiger partial charge on any atom is -0.373 e. The summed E-state index contributed by atoms with van der Waals surface area (Å²) >= 11 is 0. The fourth-order valence-electron chi connectivity index (χ4n) is 2.95. The number of carbonyl (C=O) groups excluding carboxylic acids is 1. The lowest BCUT2D eigenvalue weighted by molar-refractivity contribution is 0.0846. The molecule has 0 spiro atoms. The van der Waals surface area contributed by atoms with Crippen molar-refractivity contribution in [3.05, 3.63) is 71.3 Å². The molecule has 23 heavy (non-hydrogen) atoms. The summed E-state index contributed by atoms with van der Waals surface area (Å²) in [7, 11) is 0. The van der Waals surface area contributed by atoms with Crippen LogP contribution in [0.25, 0.3) is 0 Å². The van der Waals surface area contributed by atoms with Gasteiger partial charge in [0.1, 0.15) is 0 Å². The molecule has 0 saturated carbocycles.